The smallest absolute Gasteiger partial charge is 0.0242 e. The second-order valence-electron chi connectivity index (χ2n) is 6.05. The first-order chi connectivity index (χ1) is 8.50. The molecule has 1 heterocycles. The Balaban J connectivity index is 2.14. The third-order valence-corrected chi connectivity index (χ3v) is 3.57. The fourth-order valence-electron chi connectivity index (χ4n) is 2.40. The summed E-state index contributed by atoms with van der Waals surface area (Å²) in [5, 5.41) is 3.39. The molecular weight excluding hydrogens is 220 g/mol. The van der Waals surface area contributed by atoms with Gasteiger partial charge in [0.15, 0.2) is 0 Å². The van der Waals surface area contributed by atoms with Crippen LogP contribution >= 0.6 is 0 Å². The lowest BCUT2D eigenvalue weighted by Crippen LogP contribution is -2.40. The Bertz CT molecular complexity index is 429. The number of nitrogens with one attached hydrogen (secondary N) is 1. The summed E-state index contributed by atoms with van der Waals surface area (Å²) in [6.07, 6.45) is 1.99. The molecule has 0 amide bonds. The fourth-order valence-corrected chi connectivity index (χ4v) is 2.40. The molecular formula is C16H24N2. The van der Waals surface area contributed by atoms with E-state index in [2.05, 4.69) is 55.8 Å². The molecule has 0 bridgehead atoms. The molecule has 0 saturated carbocycles. The van der Waals surface area contributed by atoms with Crippen LogP contribution in [0.4, 0.5) is 0 Å². The molecule has 0 aliphatic carbocycles. The lowest BCUT2D eigenvalue weighted by atomic mass is 10.0. The van der Waals surface area contributed by atoms with E-state index in [9.17, 15) is 0 Å². The number of benzene rings is 1. The summed E-state index contributed by atoms with van der Waals surface area (Å²) >= 11 is 0. The van der Waals surface area contributed by atoms with Crippen LogP contribution in [0.1, 0.15) is 37.5 Å². The molecule has 1 aromatic rings. The van der Waals surface area contributed by atoms with E-state index in [0.29, 0.717) is 0 Å². The second-order valence-corrected chi connectivity index (χ2v) is 6.05. The summed E-state index contributed by atoms with van der Waals surface area (Å²) in [6.45, 7) is 14.6. The summed E-state index contributed by atoms with van der Waals surface area (Å²) in [4.78, 5) is 2.45. The first-order valence-corrected chi connectivity index (χ1v) is 6.68. The van der Waals surface area contributed by atoms with Crippen molar-refractivity contribution in [3.8, 4) is 0 Å². The maximum atomic E-state index is 3.86. The van der Waals surface area contributed by atoms with Crippen molar-refractivity contribution < 1.29 is 0 Å². The molecule has 98 valence electrons. The van der Waals surface area contributed by atoms with Crippen molar-refractivity contribution in [1.29, 1.82) is 0 Å². The zero-order chi connectivity index (χ0) is 13.2. The van der Waals surface area contributed by atoms with Gasteiger partial charge < -0.3 is 5.32 Å². The highest BCUT2D eigenvalue weighted by Gasteiger charge is 2.20. The van der Waals surface area contributed by atoms with E-state index in [1.165, 1.54) is 16.7 Å². The number of nitrogens with zero attached hydrogens (tertiary/aromatic N) is 1. The number of hydrogen-bond acceptors (Lipinski definition) is 2. The van der Waals surface area contributed by atoms with Gasteiger partial charge in [-0.05, 0) is 37.5 Å². The number of rotatable bonds is 4. The number of fused-ring (bicyclic) bond motifs is 1. The SMILES string of the molecule is C=CCN(Cc1ccc2c(c1)CNC2)C(C)(C)C. The van der Waals surface area contributed by atoms with Gasteiger partial charge >= 0.3 is 0 Å². The molecule has 0 fully saturated rings. The maximum absolute atomic E-state index is 3.86. The lowest BCUT2D eigenvalue weighted by Gasteiger charge is -2.35. The van der Waals surface area contributed by atoms with Crippen LogP contribution in [0.5, 0.6) is 0 Å². The van der Waals surface area contributed by atoms with Crippen molar-refractivity contribution in [2.75, 3.05) is 6.54 Å². The highest BCUT2D eigenvalue weighted by atomic mass is 15.2. The molecule has 2 nitrogen and oxygen atoms in total. The van der Waals surface area contributed by atoms with Crippen LogP contribution in [0.3, 0.4) is 0 Å². The van der Waals surface area contributed by atoms with Crippen LogP contribution in [0.2, 0.25) is 0 Å². The minimum absolute atomic E-state index is 0.172. The van der Waals surface area contributed by atoms with Crippen molar-refractivity contribution >= 4 is 0 Å². The van der Waals surface area contributed by atoms with Gasteiger partial charge in [-0.3, -0.25) is 4.90 Å². The Morgan fingerprint density at radius 1 is 1.28 bits per heavy atom. The van der Waals surface area contributed by atoms with E-state index >= 15 is 0 Å². The first-order valence-electron chi connectivity index (χ1n) is 6.68. The van der Waals surface area contributed by atoms with Gasteiger partial charge in [0.25, 0.3) is 0 Å². The average Bonchev–Trinajstić information content (AvgIpc) is 2.74. The Morgan fingerprint density at radius 2 is 2.00 bits per heavy atom. The zero-order valence-electron chi connectivity index (χ0n) is 11.8. The van der Waals surface area contributed by atoms with E-state index < -0.39 is 0 Å². The maximum Gasteiger partial charge on any atom is 0.0242 e. The average molecular weight is 244 g/mol. The molecule has 1 aromatic carbocycles. The summed E-state index contributed by atoms with van der Waals surface area (Å²) in [6, 6.07) is 6.87. The zero-order valence-corrected chi connectivity index (χ0v) is 11.8. The Hall–Kier alpha value is -1.12. The molecule has 1 aliphatic heterocycles. The minimum atomic E-state index is 0.172. The van der Waals surface area contributed by atoms with E-state index in [1.807, 2.05) is 6.08 Å². The Kier molecular flexibility index (Phi) is 3.88. The quantitative estimate of drug-likeness (QED) is 0.819. The van der Waals surface area contributed by atoms with Crippen LogP contribution in [-0.4, -0.2) is 17.0 Å². The van der Waals surface area contributed by atoms with Crippen LogP contribution in [0, 0.1) is 0 Å². The summed E-state index contributed by atoms with van der Waals surface area (Å²) < 4.78 is 0. The molecule has 2 heteroatoms. The van der Waals surface area contributed by atoms with E-state index in [1.54, 1.807) is 0 Å². The largest absolute Gasteiger partial charge is 0.309 e. The molecule has 0 saturated heterocycles. The molecule has 0 unspecified atom stereocenters. The van der Waals surface area contributed by atoms with E-state index in [4.69, 9.17) is 0 Å². The van der Waals surface area contributed by atoms with Gasteiger partial charge in [0.1, 0.15) is 0 Å². The standard InChI is InChI=1S/C16H24N2/c1-5-8-18(16(2,3)4)12-13-6-7-14-10-17-11-15(14)9-13/h5-7,9,17H,1,8,10-12H2,2-4H3. The van der Waals surface area contributed by atoms with Gasteiger partial charge in [-0.25, -0.2) is 0 Å². The van der Waals surface area contributed by atoms with Crippen LogP contribution < -0.4 is 5.32 Å². The Labute approximate surface area is 111 Å². The molecule has 1 N–H and O–H groups in total. The van der Waals surface area contributed by atoms with Crippen LogP contribution in [-0.2, 0) is 19.6 Å². The van der Waals surface area contributed by atoms with Gasteiger partial charge in [-0.2, -0.15) is 0 Å². The molecule has 0 aromatic heterocycles. The van der Waals surface area contributed by atoms with Gasteiger partial charge in [0, 0.05) is 31.7 Å². The topological polar surface area (TPSA) is 15.3 Å². The van der Waals surface area contributed by atoms with Gasteiger partial charge in [0.2, 0.25) is 0 Å². The monoisotopic (exact) mass is 244 g/mol. The highest BCUT2D eigenvalue weighted by molar-refractivity contribution is 5.34. The normalized spacial score (nSPS) is 14.9. The van der Waals surface area contributed by atoms with Gasteiger partial charge in [-0.1, -0.05) is 24.3 Å². The van der Waals surface area contributed by atoms with Crippen molar-refractivity contribution in [2.24, 2.45) is 0 Å². The predicted octanol–water partition coefficient (Wildman–Crippen LogP) is 3.08. The third-order valence-electron chi connectivity index (χ3n) is 3.57. The Morgan fingerprint density at radius 3 is 2.67 bits per heavy atom. The van der Waals surface area contributed by atoms with Crippen molar-refractivity contribution in [3.05, 3.63) is 47.5 Å². The molecule has 0 atom stereocenters. The minimum Gasteiger partial charge on any atom is -0.309 e. The van der Waals surface area contributed by atoms with E-state index in [0.717, 1.165) is 26.2 Å². The predicted molar refractivity (Wildman–Crippen MR) is 77.3 cm³/mol. The van der Waals surface area contributed by atoms with Crippen LogP contribution in [0.25, 0.3) is 0 Å². The molecule has 2 rings (SSSR count). The second kappa shape index (κ2) is 5.25. The van der Waals surface area contributed by atoms with Crippen molar-refractivity contribution in [2.45, 2.75) is 45.9 Å². The fraction of sp³-hybridized carbons (Fsp3) is 0.500. The highest BCUT2D eigenvalue weighted by Crippen LogP contribution is 2.21. The van der Waals surface area contributed by atoms with E-state index in [-0.39, 0.29) is 5.54 Å². The molecule has 18 heavy (non-hydrogen) atoms. The first kappa shape index (κ1) is 13.3. The number of hydrogen-bond donors (Lipinski definition) is 1. The summed E-state index contributed by atoms with van der Waals surface area (Å²) in [5.74, 6) is 0. The molecule has 0 spiro atoms. The molecule has 1 aliphatic rings. The molecule has 0 radical (unpaired) electrons. The summed E-state index contributed by atoms with van der Waals surface area (Å²) in [7, 11) is 0. The third kappa shape index (κ3) is 3.01. The van der Waals surface area contributed by atoms with Gasteiger partial charge in [0.05, 0.1) is 0 Å². The van der Waals surface area contributed by atoms with Crippen LogP contribution in [0.15, 0.2) is 30.9 Å². The lowest BCUT2D eigenvalue weighted by molar-refractivity contribution is 0.145. The van der Waals surface area contributed by atoms with Crippen molar-refractivity contribution in [3.63, 3.8) is 0 Å². The summed E-state index contributed by atoms with van der Waals surface area (Å²) in [5.41, 5.74) is 4.48. The van der Waals surface area contributed by atoms with Crippen molar-refractivity contribution in [1.82, 2.24) is 10.2 Å². The van der Waals surface area contributed by atoms with Gasteiger partial charge in [-0.15, -0.1) is 6.58 Å².